The van der Waals surface area contributed by atoms with Crippen molar-refractivity contribution in [3.8, 4) is 17.2 Å². The third-order valence-electron chi connectivity index (χ3n) is 3.62. The topological polar surface area (TPSA) is 30.3 Å². The molecule has 1 aromatic heterocycles. The predicted octanol–water partition coefficient (Wildman–Crippen LogP) is 4.45. The van der Waals surface area contributed by atoms with Crippen molar-refractivity contribution in [1.29, 1.82) is 0 Å². The number of benzene rings is 2. The molecule has 0 amide bonds. The van der Waals surface area contributed by atoms with Gasteiger partial charge in [0.25, 0.3) is 0 Å². The number of rotatable bonds is 6. The molecule has 2 aromatic carbocycles. The summed E-state index contributed by atoms with van der Waals surface area (Å²) in [7, 11) is 4.11. The molecule has 0 fully saturated rings. The average molecular weight is 339 g/mol. The minimum atomic E-state index is 0.806. The van der Waals surface area contributed by atoms with Gasteiger partial charge in [-0.2, -0.15) is 0 Å². The minimum Gasteiger partial charge on any atom is -0.457 e. The smallest absolute Gasteiger partial charge is 0.132 e. The molecule has 0 bridgehead atoms. The van der Waals surface area contributed by atoms with E-state index in [1.807, 2.05) is 35.0 Å². The Labute approximate surface area is 147 Å². The van der Waals surface area contributed by atoms with Crippen LogP contribution < -0.4 is 4.74 Å². The molecule has 0 saturated heterocycles. The zero-order valence-corrected chi connectivity index (χ0v) is 15.0. The summed E-state index contributed by atoms with van der Waals surface area (Å²) >= 11 is 1.72. The highest BCUT2D eigenvalue weighted by Crippen LogP contribution is 2.29. The van der Waals surface area contributed by atoms with Crippen LogP contribution in [0.15, 0.2) is 66.1 Å². The number of ether oxygens (including phenoxy) is 1. The minimum absolute atomic E-state index is 0.806. The van der Waals surface area contributed by atoms with Crippen LogP contribution in [0.4, 0.5) is 0 Å². The van der Waals surface area contributed by atoms with Crippen LogP contribution in [-0.2, 0) is 6.54 Å². The second kappa shape index (κ2) is 7.55. The highest BCUT2D eigenvalue weighted by Gasteiger charge is 2.09. The van der Waals surface area contributed by atoms with Gasteiger partial charge in [-0.1, -0.05) is 0 Å². The molecule has 0 aliphatic carbocycles. The first-order valence-corrected chi connectivity index (χ1v) is 8.96. The van der Waals surface area contributed by atoms with E-state index in [0.717, 1.165) is 29.3 Å². The van der Waals surface area contributed by atoms with E-state index in [4.69, 9.17) is 4.74 Å². The van der Waals surface area contributed by atoms with Crippen LogP contribution in [-0.4, -0.2) is 34.8 Å². The molecule has 0 aliphatic heterocycles. The molecule has 0 unspecified atom stereocenters. The van der Waals surface area contributed by atoms with Gasteiger partial charge in [0.15, 0.2) is 0 Å². The van der Waals surface area contributed by atoms with Crippen LogP contribution in [0.2, 0.25) is 0 Å². The Morgan fingerprint density at radius 2 is 1.92 bits per heavy atom. The van der Waals surface area contributed by atoms with Crippen LogP contribution in [0.3, 0.4) is 0 Å². The molecule has 0 radical (unpaired) electrons. The van der Waals surface area contributed by atoms with E-state index in [1.54, 1.807) is 24.3 Å². The molecular formula is C19H21N3OS. The first kappa shape index (κ1) is 16.6. The lowest BCUT2D eigenvalue weighted by Gasteiger charge is -2.16. The van der Waals surface area contributed by atoms with Gasteiger partial charge in [-0.15, -0.1) is 11.8 Å². The van der Waals surface area contributed by atoms with E-state index in [1.165, 1.54) is 4.90 Å². The average Bonchev–Trinajstić information content (AvgIpc) is 3.11. The molecule has 1 heterocycles. The summed E-state index contributed by atoms with van der Waals surface area (Å²) in [4.78, 5) is 7.48. The molecule has 4 nitrogen and oxygen atoms in total. The van der Waals surface area contributed by atoms with Crippen LogP contribution >= 0.6 is 11.8 Å². The van der Waals surface area contributed by atoms with Crippen LogP contribution in [0, 0.1) is 0 Å². The maximum absolute atomic E-state index is 6.12. The molecule has 24 heavy (non-hydrogen) atoms. The van der Waals surface area contributed by atoms with Gasteiger partial charge in [0, 0.05) is 35.1 Å². The molecule has 0 N–H and O–H groups in total. The third kappa shape index (κ3) is 3.99. The Hall–Kier alpha value is -2.24. The normalized spacial score (nSPS) is 11.0. The standard InChI is InChI=1S/C19H21N3OS/c1-21(2)13-15-12-16(22-11-10-20-14-22)4-9-19(15)23-17-5-7-18(24-3)8-6-17/h4-12,14H,13H2,1-3H3. The summed E-state index contributed by atoms with van der Waals surface area (Å²) in [6, 6.07) is 14.4. The van der Waals surface area contributed by atoms with Crippen molar-refractivity contribution >= 4 is 11.8 Å². The molecule has 0 saturated carbocycles. The van der Waals surface area contributed by atoms with Crippen molar-refractivity contribution < 1.29 is 4.74 Å². The quantitative estimate of drug-likeness (QED) is 0.621. The third-order valence-corrected chi connectivity index (χ3v) is 4.36. The zero-order chi connectivity index (χ0) is 16.9. The van der Waals surface area contributed by atoms with Gasteiger partial charge < -0.3 is 14.2 Å². The lowest BCUT2D eigenvalue weighted by molar-refractivity contribution is 0.388. The van der Waals surface area contributed by atoms with Gasteiger partial charge in [-0.25, -0.2) is 4.98 Å². The van der Waals surface area contributed by atoms with Crippen LogP contribution in [0.1, 0.15) is 5.56 Å². The number of hydrogen-bond donors (Lipinski definition) is 0. The Bertz CT molecular complexity index is 783. The van der Waals surface area contributed by atoms with Gasteiger partial charge in [-0.05, 0) is 62.8 Å². The Morgan fingerprint density at radius 3 is 2.54 bits per heavy atom. The van der Waals surface area contributed by atoms with Crippen molar-refractivity contribution in [1.82, 2.24) is 14.5 Å². The van der Waals surface area contributed by atoms with E-state index < -0.39 is 0 Å². The first-order valence-electron chi connectivity index (χ1n) is 7.73. The molecule has 0 aliphatic rings. The number of aromatic nitrogens is 2. The van der Waals surface area contributed by atoms with Gasteiger partial charge in [0.2, 0.25) is 0 Å². The van der Waals surface area contributed by atoms with Gasteiger partial charge >= 0.3 is 0 Å². The molecule has 5 heteroatoms. The van der Waals surface area contributed by atoms with Crippen molar-refractivity contribution in [2.75, 3.05) is 20.4 Å². The second-order valence-corrected chi connectivity index (χ2v) is 6.66. The van der Waals surface area contributed by atoms with Crippen LogP contribution in [0.5, 0.6) is 11.5 Å². The molecule has 0 spiro atoms. The number of thioether (sulfide) groups is 1. The van der Waals surface area contributed by atoms with Crippen molar-refractivity contribution in [2.24, 2.45) is 0 Å². The maximum Gasteiger partial charge on any atom is 0.132 e. The highest BCUT2D eigenvalue weighted by atomic mass is 32.2. The SMILES string of the molecule is CSc1ccc(Oc2ccc(-n3ccnc3)cc2CN(C)C)cc1. The molecular weight excluding hydrogens is 318 g/mol. The summed E-state index contributed by atoms with van der Waals surface area (Å²) in [5.74, 6) is 1.73. The van der Waals surface area contributed by atoms with Gasteiger partial charge in [-0.3, -0.25) is 0 Å². The highest BCUT2D eigenvalue weighted by molar-refractivity contribution is 7.98. The fourth-order valence-electron chi connectivity index (χ4n) is 2.47. The fourth-order valence-corrected chi connectivity index (χ4v) is 2.88. The molecule has 0 atom stereocenters. The predicted molar refractivity (Wildman–Crippen MR) is 99.3 cm³/mol. The van der Waals surface area contributed by atoms with E-state index in [0.29, 0.717) is 0 Å². The number of nitrogens with zero attached hydrogens (tertiary/aromatic N) is 3. The van der Waals surface area contributed by atoms with E-state index in [9.17, 15) is 0 Å². The number of imidazole rings is 1. The van der Waals surface area contributed by atoms with Gasteiger partial charge in [0.05, 0.1) is 6.33 Å². The molecule has 3 aromatic rings. The van der Waals surface area contributed by atoms with Crippen molar-refractivity contribution in [2.45, 2.75) is 11.4 Å². The first-order chi connectivity index (χ1) is 11.7. The van der Waals surface area contributed by atoms with Crippen molar-refractivity contribution in [3.05, 3.63) is 66.7 Å². The van der Waals surface area contributed by atoms with Crippen molar-refractivity contribution in [3.63, 3.8) is 0 Å². The summed E-state index contributed by atoms with van der Waals surface area (Å²) in [6.07, 6.45) is 7.59. The Balaban J connectivity index is 1.90. The Morgan fingerprint density at radius 1 is 1.12 bits per heavy atom. The van der Waals surface area contributed by atoms with E-state index in [-0.39, 0.29) is 0 Å². The Kier molecular flexibility index (Phi) is 5.23. The summed E-state index contributed by atoms with van der Waals surface area (Å²) in [6.45, 7) is 0.806. The second-order valence-electron chi connectivity index (χ2n) is 5.78. The van der Waals surface area contributed by atoms with E-state index in [2.05, 4.69) is 48.4 Å². The van der Waals surface area contributed by atoms with Crippen LogP contribution in [0.25, 0.3) is 5.69 Å². The monoisotopic (exact) mass is 339 g/mol. The molecule has 3 rings (SSSR count). The summed E-state index contributed by atoms with van der Waals surface area (Å²) < 4.78 is 8.12. The zero-order valence-electron chi connectivity index (χ0n) is 14.1. The lowest BCUT2D eigenvalue weighted by Crippen LogP contribution is -2.12. The largest absolute Gasteiger partial charge is 0.457 e. The maximum atomic E-state index is 6.12. The number of hydrogen-bond acceptors (Lipinski definition) is 4. The summed E-state index contributed by atoms with van der Waals surface area (Å²) in [5.41, 5.74) is 2.22. The molecule has 124 valence electrons. The lowest BCUT2D eigenvalue weighted by atomic mass is 10.1. The van der Waals surface area contributed by atoms with E-state index >= 15 is 0 Å². The van der Waals surface area contributed by atoms with Gasteiger partial charge in [0.1, 0.15) is 11.5 Å². The summed E-state index contributed by atoms with van der Waals surface area (Å²) in [5, 5.41) is 0. The fraction of sp³-hybridized carbons (Fsp3) is 0.211.